The van der Waals surface area contributed by atoms with E-state index in [4.69, 9.17) is 5.11 Å². The summed E-state index contributed by atoms with van der Waals surface area (Å²) in [5, 5.41) is 11.6. The van der Waals surface area contributed by atoms with Crippen LogP contribution < -0.4 is 5.32 Å². The van der Waals surface area contributed by atoms with Gasteiger partial charge in [-0.2, -0.15) is 0 Å². The van der Waals surface area contributed by atoms with Crippen molar-refractivity contribution in [3.63, 3.8) is 0 Å². The molecule has 1 aliphatic carbocycles. The van der Waals surface area contributed by atoms with E-state index >= 15 is 0 Å². The predicted molar refractivity (Wildman–Crippen MR) is 68.7 cm³/mol. The van der Waals surface area contributed by atoms with E-state index in [9.17, 15) is 9.59 Å². The van der Waals surface area contributed by atoms with Crippen LogP contribution in [0.4, 0.5) is 0 Å². The standard InChI is InChI=1S/C13H19N3O3/c1-9(17)15-10(2-5-13(18)19)6-12-7-14-8-16(12)11-3-4-11/h7-8,10-11H,2-6H2,1H3,(H,15,17)(H,18,19). The predicted octanol–water partition coefficient (Wildman–Crippen LogP) is 1.13. The van der Waals surface area contributed by atoms with E-state index in [2.05, 4.69) is 14.9 Å². The number of nitrogens with one attached hydrogen (secondary N) is 1. The van der Waals surface area contributed by atoms with E-state index < -0.39 is 5.97 Å². The van der Waals surface area contributed by atoms with Gasteiger partial charge >= 0.3 is 5.97 Å². The third-order valence-corrected chi connectivity index (χ3v) is 3.26. The molecule has 104 valence electrons. The number of hydrogen-bond acceptors (Lipinski definition) is 3. The van der Waals surface area contributed by atoms with E-state index in [1.54, 1.807) is 6.20 Å². The summed E-state index contributed by atoms with van der Waals surface area (Å²) in [7, 11) is 0. The largest absolute Gasteiger partial charge is 0.481 e. The third-order valence-electron chi connectivity index (χ3n) is 3.26. The number of carboxylic acids is 1. The van der Waals surface area contributed by atoms with E-state index in [-0.39, 0.29) is 18.4 Å². The Balaban J connectivity index is 1.98. The highest BCUT2D eigenvalue weighted by molar-refractivity contribution is 5.73. The first-order valence-electron chi connectivity index (χ1n) is 6.56. The summed E-state index contributed by atoms with van der Waals surface area (Å²) in [6.45, 7) is 1.45. The van der Waals surface area contributed by atoms with E-state index in [1.165, 1.54) is 19.8 Å². The molecule has 1 heterocycles. The van der Waals surface area contributed by atoms with Crippen LogP contribution in [0.15, 0.2) is 12.5 Å². The molecule has 2 rings (SSSR count). The summed E-state index contributed by atoms with van der Waals surface area (Å²) < 4.78 is 2.13. The number of hydrogen-bond donors (Lipinski definition) is 2. The molecule has 6 nitrogen and oxygen atoms in total. The van der Waals surface area contributed by atoms with Crippen molar-refractivity contribution in [3.8, 4) is 0 Å². The number of amides is 1. The van der Waals surface area contributed by atoms with Gasteiger partial charge < -0.3 is 15.0 Å². The molecule has 1 aromatic rings. The van der Waals surface area contributed by atoms with Gasteiger partial charge in [-0.3, -0.25) is 9.59 Å². The Bertz CT molecular complexity index is 465. The lowest BCUT2D eigenvalue weighted by Crippen LogP contribution is -2.35. The lowest BCUT2D eigenvalue weighted by atomic mass is 10.1. The highest BCUT2D eigenvalue weighted by Crippen LogP contribution is 2.35. The van der Waals surface area contributed by atoms with Gasteiger partial charge in [0.1, 0.15) is 0 Å². The molecule has 0 saturated heterocycles. The minimum atomic E-state index is -0.842. The van der Waals surface area contributed by atoms with Gasteiger partial charge in [0.2, 0.25) is 5.91 Å². The highest BCUT2D eigenvalue weighted by Gasteiger charge is 2.26. The normalized spacial score (nSPS) is 16.1. The van der Waals surface area contributed by atoms with Crippen LogP contribution in [0.5, 0.6) is 0 Å². The van der Waals surface area contributed by atoms with Gasteiger partial charge in [-0.1, -0.05) is 0 Å². The van der Waals surface area contributed by atoms with Crippen LogP contribution in [0.3, 0.4) is 0 Å². The zero-order valence-corrected chi connectivity index (χ0v) is 11.0. The van der Waals surface area contributed by atoms with Gasteiger partial charge in [-0.15, -0.1) is 0 Å². The van der Waals surface area contributed by atoms with Gasteiger partial charge in [0.05, 0.1) is 6.33 Å². The highest BCUT2D eigenvalue weighted by atomic mass is 16.4. The molecule has 1 unspecified atom stereocenters. The molecule has 6 heteroatoms. The first-order chi connectivity index (χ1) is 9.06. The van der Waals surface area contributed by atoms with Crippen LogP contribution >= 0.6 is 0 Å². The first kappa shape index (κ1) is 13.6. The molecule has 0 bridgehead atoms. The van der Waals surface area contributed by atoms with Crippen LogP contribution in [-0.4, -0.2) is 32.6 Å². The molecule has 0 spiro atoms. The SMILES string of the molecule is CC(=O)NC(CCC(=O)O)Cc1cncn1C1CC1. The third kappa shape index (κ3) is 4.08. The zero-order valence-electron chi connectivity index (χ0n) is 11.0. The molecule has 1 atom stereocenters. The number of aromatic nitrogens is 2. The molecule has 2 N–H and O–H groups in total. The van der Waals surface area contributed by atoms with Gasteiger partial charge in [0.15, 0.2) is 0 Å². The average Bonchev–Trinajstić information content (AvgIpc) is 3.06. The number of aliphatic carboxylic acids is 1. The maximum Gasteiger partial charge on any atom is 0.303 e. The smallest absolute Gasteiger partial charge is 0.303 e. The van der Waals surface area contributed by atoms with Crippen LogP contribution in [-0.2, 0) is 16.0 Å². The van der Waals surface area contributed by atoms with Crippen molar-refractivity contribution in [1.82, 2.24) is 14.9 Å². The van der Waals surface area contributed by atoms with E-state index in [1.807, 2.05) is 6.33 Å². The topological polar surface area (TPSA) is 84.2 Å². The van der Waals surface area contributed by atoms with Gasteiger partial charge in [0, 0.05) is 43.7 Å². The maximum atomic E-state index is 11.2. The van der Waals surface area contributed by atoms with Crippen molar-refractivity contribution in [2.75, 3.05) is 0 Å². The molecule has 0 radical (unpaired) electrons. The fourth-order valence-corrected chi connectivity index (χ4v) is 2.23. The first-order valence-corrected chi connectivity index (χ1v) is 6.56. The molecule has 19 heavy (non-hydrogen) atoms. The van der Waals surface area contributed by atoms with Crippen LogP contribution in [0, 0.1) is 0 Å². The van der Waals surface area contributed by atoms with Crippen molar-refractivity contribution in [3.05, 3.63) is 18.2 Å². The minimum Gasteiger partial charge on any atom is -0.481 e. The number of carboxylic acid groups (broad SMARTS) is 1. The van der Waals surface area contributed by atoms with E-state index in [0.29, 0.717) is 18.9 Å². The maximum absolute atomic E-state index is 11.2. The van der Waals surface area contributed by atoms with Crippen molar-refractivity contribution in [2.24, 2.45) is 0 Å². The van der Waals surface area contributed by atoms with E-state index in [0.717, 1.165) is 5.69 Å². The number of imidazole rings is 1. The van der Waals surface area contributed by atoms with Crippen LogP contribution in [0.1, 0.15) is 44.3 Å². The molecule has 0 aromatic carbocycles. The lowest BCUT2D eigenvalue weighted by Gasteiger charge is -2.18. The Morgan fingerprint density at radius 1 is 1.58 bits per heavy atom. The average molecular weight is 265 g/mol. The fraction of sp³-hybridized carbons (Fsp3) is 0.615. The number of carbonyl (C=O) groups is 2. The fourth-order valence-electron chi connectivity index (χ4n) is 2.23. The number of nitrogens with zero attached hydrogens (tertiary/aromatic N) is 2. The molecule has 1 aromatic heterocycles. The Hall–Kier alpha value is -1.85. The van der Waals surface area contributed by atoms with Crippen LogP contribution in [0.25, 0.3) is 0 Å². The quantitative estimate of drug-likeness (QED) is 0.774. The summed E-state index contributed by atoms with van der Waals surface area (Å²) in [6, 6.07) is 0.387. The second-order valence-electron chi connectivity index (χ2n) is 5.06. The lowest BCUT2D eigenvalue weighted by molar-refractivity contribution is -0.137. The number of carbonyl (C=O) groups excluding carboxylic acids is 1. The second-order valence-corrected chi connectivity index (χ2v) is 5.06. The Kier molecular flexibility index (Phi) is 4.19. The van der Waals surface area contributed by atoms with Gasteiger partial charge in [-0.05, 0) is 19.3 Å². The summed E-state index contributed by atoms with van der Waals surface area (Å²) in [5.41, 5.74) is 1.06. The molecule has 0 aliphatic heterocycles. The molecular weight excluding hydrogens is 246 g/mol. The zero-order chi connectivity index (χ0) is 13.8. The molecule has 1 amide bonds. The molecule has 1 saturated carbocycles. The summed E-state index contributed by atoms with van der Waals surface area (Å²) in [4.78, 5) is 26.0. The van der Waals surface area contributed by atoms with Crippen molar-refractivity contribution < 1.29 is 14.7 Å². The minimum absolute atomic E-state index is 0.0580. The molecule has 1 fully saturated rings. The van der Waals surface area contributed by atoms with Crippen molar-refractivity contribution in [2.45, 2.75) is 51.1 Å². The monoisotopic (exact) mass is 265 g/mol. The molecular formula is C13H19N3O3. The summed E-state index contributed by atoms with van der Waals surface area (Å²) in [6.07, 6.45) is 7.08. The Morgan fingerprint density at radius 2 is 2.32 bits per heavy atom. The summed E-state index contributed by atoms with van der Waals surface area (Å²) >= 11 is 0. The number of rotatable bonds is 7. The van der Waals surface area contributed by atoms with Crippen molar-refractivity contribution >= 4 is 11.9 Å². The Morgan fingerprint density at radius 3 is 2.89 bits per heavy atom. The summed E-state index contributed by atoms with van der Waals surface area (Å²) in [5.74, 6) is -0.973. The second kappa shape index (κ2) is 5.86. The van der Waals surface area contributed by atoms with Crippen molar-refractivity contribution in [1.29, 1.82) is 0 Å². The molecule has 1 aliphatic rings. The Labute approximate surface area is 111 Å². The van der Waals surface area contributed by atoms with Gasteiger partial charge in [-0.25, -0.2) is 4.98 Å². The van der Waals surface area contributed by atoms with Gasteiger partial charge in [0.25, 0.3) is 0 Å². The van der Waals surface area contributed by atoms with Crippen LogP contribution in [0.2, 0.25) is 0 Å².